The fourth-order valence-electron chi connectivity index (χ4n) is 4.81. The molecule has 0 radical (unpaired) electrons. The van der Waals surface area contributed by atoms with Crippen molar-refractivity contribution in [2.45, 2.75) is 57.0 Å². The lowest BCUT2D eigenvalue weighted by atomic mass is 9.84. The van der Waals surface area contributed by atoms with Gasteiger partial charge in [0.15, 0.2) is 0 Å². The van der Waals surface area contributed by atoms with E-state index in [4.69, 9.17) is 4.74 Å². The zero-order valence-electron chi connectivity index (χ0n) is 15.8. The molecule has 2 aliphatic heterocycles. The first-order valence-electron chi connectivity index (χ1n) is 10.5. The van der Waals surface area contributed by atoms with Gasteiger partial charge in [0.2, 0.25) is 0 Å². The molecule has 27 heavy (non-hydrogen) atoms. The van der Waals surface area contributed by atoms with E-state index in [0.29, 0.717) is 30.4 Å². The van der Waals surface area contributed by atoms with Gasteiger partial charge in [0.05, 0.1) is 18.8 Å². The SMILES string of the molecule is Fc1cc(OC[C@@H]2CCCN3CCCC[C@H]23)cc(-c2cnn(C3CC3)c2)c1. The normalized spacial score (nSPS) is 26.0. The van der Waals surface area contributed by atoms with Crippen LogP contribution in [-0.4, -0.2) is 40.4 Å². The van der Waals surface area contributed by atoms with Crippen LogP contribution >= 0.6 is 0 Å². The third-order valence-corrected chi connectivity index (χ3v) is 6.42. The third-order valence-electron chi connectivity index (χ3n) is 6.42. The first-order chi connectivity index (χ1) is 13.3. The maximum absolute atomic E-state index is 14.2. The third kappa shape index (κ3) is 3.75. The van der Waals surface area contributed by atoms with Gasteiger partial charge in [-0.25, -0.2) is 4.39 Å². The highest BCUT2D eigenvalue weighted by Gasteiger charge is 2.33. The summed E-state index contributed by atoms with van der Waals surface area (Å²) in [4.78, 5) is 2.64. The maximum atomic E-state index is 14.2. The van der Waals surface area contributed by atoms with Crippen LogP contribution in [0.3, 0.4) is 0 Å². The lowest BCUT2D eigenvalue weighted by Gasteiger charge is -2.44. The molecule has 5 heteroatoms. The van der Waals surface area contributed by atoms with Crippen molar-refractivity contribution in [1.29, 1.82) is 0 Å². The van der Waals surface area contributed by atoms with Gasteiger partial charge in [0.1, 0.15) is 11.6 Å². The molecule has 5 rings (SSSR count). The van der Waals surface area contributed by atoms with Crippen LogP contribution in [0.15, 0.2) is 30.6 Å². The summed E-state index contributed by atoms with van der Waals surface area (Å²) in [7, 11) is 0. The molecule has 2 atom stereocenters. The summed E-state index contributed by atoms with van der Waals surface area (Å²) in [5, 5.41) is 4.43. The zero-order chi connectivity index (χ0) is 18.2. The minimum atomic E-state index is -0.246. The lowest BCUT2D eigenvalue weighted by molar-refractivity contribution is 0.0365. The quantitative estimate of drug-likeness (QED) is 0.767. The fourth-order valence-corrected chi connectivity index (χ4v) is 4.81. The first-order valence-corrected chi connectivity index (χ1v) is 10.5. The van der Waals surface area contributed by atoms with Gasteiger partial charge in [-0.1, -0.05) is 6.42 Å². The molecule has 2 saturated heterocycles. The second-order valence-electron chi connectivity index (χ2n) is 8.43. The van der Waals surface area contributed by atoms with Gasteiger partial charge >= 0.3 is 0 Å². The topological polar surface area (TPSA) is 30.3 Å². The predicted octanol–water partition coefficient (Wildman–Crippen LogP) is 4.67. The van der Waals surface area contributed by atoms with Crippen LogP contribution < -0.4 is 4.74 Å². The average Bonchev–Trinajstić information content (AvgIpc) is 3.42. The number of fused-ring (bicyclic) bond motifs is 1. The number of ether oxygens (including phenoxy) is 1. The minimum absolute atomic E-state index is 0.246. The highest BCUT2D eigenvalue weighted by Crippen LogP contribution is 2.36. The summed E-state index contributed by atoms with van der Waals surface area (Å²) >= 11 is 0. The van der Waals surface area contributed by atoms with Crippen molar-refractivity contribution in [2.75, 3.05) is 19.7 Å². The van der Waals surface area contributed by atoms with E-state index >= 15 is 0 Å². The summed E-state index contributed by atoms with van der Waals surface area (Å²) in [6, 6.07) is 6.23. The van der Waals surface area contributed by atoms with Crippen molar-refractivity contribution in [1.82, 2.24) is 14.7 Å². The number of benzene rings is 1. The Balaban J connectivity index is 1.29. The summed E-state index contributed by atoms with van der Waals surface area (Å²) in [6.07, 6.45) is 12.6. The summed E-state index contributed by atoms with van der Waals surface area (Å²) in [5.74, 6) is 0.949. The molecule has 0 N–H and O–H groups in total. The maximum Gasteiger partial charge on any atom is 0.127 e. The molecule has 3 aliphatic rings. The van der Waals surface area contributed by atoms with E-state index in [1.165, 1.54) is 64.1 Å². The highest BCUT2D eigenvalue weighted by molar-refractivity contribution is 5.63. The molecule has 1 aromatic heterocycles. The van der Waals surface area contributed by atoms with E-state index in [1.54, 1.807) is 6.07 Å². The molecule has 1 saturated carbocycles. The van der Waals surface area contributed by atoms with Crippen LogP contribution in [-0.2, 0) is 0 Å². The Morgan fingerprint density at radius 2 is 1.89 bits per heavy atom. The zero-order valence-corrected chi connectivity index (χ0v) is 15.8. The van der Waals surface area contributed by atoms with E-state index in [9.17, 15) is 4.39 Å². The van der Waals surface area contributed by atoms with Crippen molar-refractivity contribution in [3.8, 4) is 16.9 Å². The Morgan fingerprint density at radius 3 is 2.78 bits per heavy atom. The molecule has 1 aromatic carbocycles. The number of hydrogen-bond acceptors (Lipinski definition) is 3. The Kier molecular flexibility index (Phi) is 4.64. The van der Waals surface area contributed by atoms with Crippen molar-refractivity contribution < 1.29 is 9.13 Å². The Hall–Kier alpha value is -1.88. The van der Waals surface area contributed by atoms with Crippen LogP contribution in [0.4, 0.5) is 4.39 Å². The largest absolute Gasteiger partial charge is 0.493 e. The number of hydrogen-bond donors (Lipinski definition) is 0. The van der Waals surface area contributed by atoms with Crippen molar-refractivity contribution in [3.05, 3.63) is 36.4 Å². The smallest absolute Gasteiger partial charge is 0.127 e. The number of rotatable bonds is 5. The summed E-state index contributed by atoms with van der Waals surface area (Å²) in [6.45, 7) is 3.15. The average molecular weight is 369 g/mol. The molecule has 144 valence electrons. The molecule has 0 unspecified atom stereocenters. The van der Waals surface area contributed by atoms with Gasteiger partial charge in [-0.2, -0.15) is 5.10 Å². The summed E-state index contributed by atoms with van der Waals surface area (Å²) in [5.41, 5.74) is 1.81. The van der Waals surface area contributed by atoms with E-state index in [0.717, 1.165) is 11.1 Å². The first kappa shape index (κ1) is 17.2. The lowest BCUT2D eigenvalue weighted by Crippen LogP contribution is -2.49. The van der Waals surface area contributed by atoms with E-state index < -0.39 is 0 Å². The molecule has 0 amide bonds. The van der Waals surface area contributed by atoms with Crippen molar-refractivity contribution in [2.24, 2.45) is 5.92 Å². The molecule has 0 spiro atoms. The molecular weight excluding hydrogens is 341 g/mol. The van der Waals surface area contributed by atoms with Crippen LogP contribution in [0.5, 0.6) is 5.75 Å². The van der Waals surface area contributed by atoms with Crippen molar-refractivity contribution in [3.63, 3.8) is 0 Å². The van der Waals surface area contributed by atoms with E-state index in [2.05, 4.69) is 10.00 Å². The Morgan fingerprint density at radius 1 is 1.00 bits per heavy atom. The number of piperidine rings is 2. The number of nitrogens with zero attached hydrogens (tertiary/aromatic N) is 3. The monoisotopic (exact) mass is 369 g/mol. The van der Waals surface area contributed by atoms with Crippen molar-refractivity contribution >= 4 is 0 Å². The molecular formula is C22H28FN3O. The van der Waals surface area contributed by atoms with Crippen LogP contribution in [0.2, 0.25) is 0 Å². The van der Waals surface area contributed by atoms with Crippen LogP contribution in [0.1, 0.15) is 51.0 Å². The van der Waals surface area contributed by atoms with Gasteiger partial charge < -0.3 is 4.74 Å². The Bertz CT molecular complexity index is 799. The van der Waals surface area contributed by atoms with Gasteiger partial charge in [0.25, 0.3) is 0 Å². The Labute approximate surface area is 160 Å². The van der Waals surface area contributed by atoms with Crippen LogP contribution in [0.25, 0.3) is 11.1 Å². The predicted molar refractivity (Wildman–Crippen MR) is 103 cm³/mol. The fraction of sp³-hybridized carbons (Fsp3) is 0.591. The van der Waals surface area contributed by atoms with Gasteiger partial charge in [-0.05, 0) is 69.3 Å². The number of aromatic nitrogens is 2. The highest BCUT2D eigenvalue weighted by atomic mass is 19.1. The van der Waals surface area contributed by atoms with E-state index in [1.807, 2.05) is 23.1 Å². The molecule has 2 aromatic rings. The standard InChI is InChI=1S/C22H28FN3O/c23-19-10-17(18-13-24-26(14-18)20-6-7-20)11-21(12-19)27-15-16-4-3-9-25-8-2-1-5-22(16)25/h10-14,16,20,22H,1-9,15H2/t16-,22+/m0/s1. The molecule has 1 aliphatic carbocycles. The number of halogens is 1. The minimum Gasteiger partial charge on any atom is -0.493 e. The van der Waals surface area contributed by atoms with E-state index in [-0.39, 0.29) is 5.82 Å². The van der Waals surface area contributed by atoms with Crippen LogP contribution in [0, 0.1) is 11.7 Å². The van der Waals surface area contributed by atoms with Gasteiger partial charge in [-0.3, -0.25) is 9.58 Å². The molecule has 3 heterocycles. The molecule has 0 bridgehead atoms. The molecule has 3 fully saturated rings. The van der Waals surface area contributed by atoms with Gasteiger partial charge in [0, 0.05) is 29.8 Å². The molecule has 4 nitrogen and oxygen atoms in total. The summed E-state index contributed by atoms with van der Waals surface area (Å²) < 4.78 is 22.3. The second-order valence-corrected chi connectivity index (χ2v) is 8.43. The van der Waals surface area contributed by atoms with Gasteiger partial charge in [-0.15, -0.1) is 0 Å². The second kappa shape index (κ2) is 7.27.